The molecule has 0 radical (unpaired) electrons. The Morgan fingerprint density at radius 3 is 2.48 bits per heavy atom. The Hall–Kier alpha value is -0.980. The molecule has 5 nitrogen and oxygen atoms in total. The van der Waals surface area contributed by atoms with Crippen LogP contribution in [0.15, 0.2) is 23.2 Å². The van der Waals surface area contributed by atoms with Crippen LogP contribution in [0.2, 0.25) is 0 Å². The zero-order valence-electron chi connectivity index (χ0n) is 13.0. The van der Waals surface area contributed by atoms with Crippen LogP contribution in [0.5, 0.6) is 0 Å². The fourth-order valence-corrected chi connectivity index (χ4v) is 4.57. The highest BCUT2D eigenvalue weighted by atomic mass is 32.2. The topological polar surface area (TPSA) is 76.3 Å². The van der Waals surface area contributed by atoms with E-state index >= 15 is 0 Å². The number of rotatable bonds is 3. The number of hydrogen-bond donors (Lipinski definition) is 1. The van der Waals surface area contributed by atoms with Crippen molar-refractivity contribution in [2.75, 3.05) is 13.1 Å². The Kier molecular flexibility index (Phi) is 4.70. The molecular weight excluding hydrogens is 286 g/mol. The van der Waals surface area contributed by atoms with Gasteiger partial charge in [-0.3, -0.25) is 4.98 Å². The second-order valence-corrected chi connectivity index (χ2v) is 8.60. The molecule has 1 fully saturated rings. The molecule has 2 heterocycles. The number of piperidine rings is 1. The van der Waals surface area contributed by atoms with Crippen molar-refractivity contribution in [1.29, 1.82) is 0 Å². The first kappa shape index (κ1) is 16.4. The third-order valence-electron chi connectivity index (χ3n) is 4.34. The second-order valence-electron chi connectivity index (χ2n) is 6.70. The fraction of sp³-hybridized carbons (Fsp3) is 0.667. The first-order chi connectivity index (χ1) is 9.76. The minimum absolute atomic E-state index is 0.133. The van der Waals surface area contributed by atoms with E-state index in [1.54, 1.807) is 22.6 Å². The summed E-state index contributed by atoms with van der Waals surface area (Å²) < 4.78 is 27.1. The van der Waals surface area contributed by atoms with Gasteiger partial charge in [-0.15, -0.1) is 0 Å². The molecule has 0 amide bonds. The number of pyridine rings is 1. The zero-order valence-corrected chi connectivity index (χ0v) is 13.9. The standard InChI is InChI=1S/C15H25N3O2S/c1-15(2,3)12-6-9-18(10-7-12)21(19,20)14-5-4-8-17-13(14)11-16/h4-5,8,12H,6-7,9-11,16H2,1-3H3. The molecule has 1 aromatic rings. The molecule has 2 rings (SSSR count). The molecule has 1 aromatic heterocycles. The molecule has 0 atom stereocenters. The Morgan fingerprint density at radius 1 is 1.33 bits per heavy atom. The van der Waals surface area contributed by atoms with Gasteiger partial charge in [0.15, 0.2) is 0 Å². The van der Waals surface area contributed by atoms with Crippen LogP contribution in [0.4, 0.5) is 0 Å². The number of hydrogen-bond acceptors (Lipinski definition) is 4. The predicted octanol–water partition coefficient (Wildman–Crippen LogP) is 1.99. The van der Waals surface area contributed by atoms with Crippen molar-refractivity contribution in [3.05, 3.63) is 24.0 Å². The van der Waals surface area contributed by atoms with E-state index in [1.165, 1.54) is 0 Å². The minimum Gasteiger partial charge on any atom is -0.325 e. The van der Waals surface area contributed by atoms with Gasteiger partial charge in [-0.2, -0.15) is 4.31 Å². The van der Waals surface area contributed by atoms with Gasteiger partial charge in [0.2, 0.25) is 10.0 Å². The smallest absolute Gasteiger partial charge is 0.244 e. The van der Waals surface area contributed by atoms with Crippen LogP contribution in [0.1, 0.15) is 39.3 Å². The van der Waals surface area contributed by atoms with Crippen LogP contribution in [0.25, 0.3) is 0 Å². The van der Waals surface area contributed by atoms with Gasteiger partial charge in [0, 0.05) is 25.8 Å². The summed E-state index contributed by atoms with van der Waals surface area (Å²) in [5.41, 5.74) is 6.28. The molecule has 6 heteroatoms. The monoisotopic (exact) mass is 311 g/mol. The van der Waals surface area contributed by atoms with Crippen molar-refractivity contribution in [3.63, 3.8) is 0 Å². The molecule has 2 N–H and O–H groups in total. The molecule has 0 spiro atoms. The Morgan fingerprint density at radius 2 is 1.95 bits per heavy atom. The maximum absolute atomic E-state index is 12.8. The predicted molar refractivity (Wildman–Crippen MR) is 83.1 cm³/mol. The maximum atomic E-state index is 12.8. The lowest BCUT2D eigenvalue weighted by Gasteiger charge is -2.38. The summed E-state index contributed by atoms with van der Waals surface area (Å²) in [5, 5.41) is 0. The van der Waals surface area contributed by atoms with Gasteiger partial charge in [0.1, 0.15) is 4.90 Å². The fourth-order valence-electron chi connectivity index (χ4n) is 2.91. The van der Waals surface area contributed by atoms with Crippen molar-refractivity contribution in [2.45, 2.75) is 45.1 Å². The number of sulfonamides is 1. The largest absolute Gasteiger partial charge is 0.325 e. The molecule has 21 heavy (non-hydrogen) atoms. The summed E-state index contributed by atoms with van der Waals surface area (Å²) in [6.45, 7) is 7.93. The highest BCUT2D eigenvalue weighted by molar-refractivity contribution is 7.89. The van der Waals surface area contributed by atoms with E-state index in [9.17, 15) is 8.42 Å². The highest BCUT2D eigenvalue weighted by Gasteiger charge is 2.34. The lowest BCUT2D eigenvalue weighted by Crippen LogP contribution is -2.41. The van der Waals surface area contributed by atoms with Crippen LogP contribution in [0.3, 0.4) is 0 Å². The van der Waals surface area contributed by atoms with Crippen LogP contribution >= 0.6 is 0 Å². The molecule has 0 bridgehead atoms. The molecule has 0 aromatic carbocycles. The van der Waals surface area contributed by atoms with Crippen molar-refractivity contribution in [2.24, 2.45) is 17.1 Å². The minimum atomic E-state index is -3.48. The molecule has 0 unspecified atom stereocenters. The third kappa shape index (κ3) is 3.44. The second kappa shape index (κ2) is 6.02. The van der Waals surface area contributed by atoms with Gasteiger partial charge in [-0.05, 0) is 36.3 Å². The van der Waals surface area contributed by atoms with Crippen molar-refractivity contribution < 1.29 is 8.42 Å². The summed E-state index contributed by atoms with van der Waals surface area (Å²) in [7, 11) is -3.48. The lowest BCUT2D eigenvalue weighted by molar-refractivity contribution is 0.154. The van der Waals surface area contributed by atoms with Crippen molar-refractivity contribution in [1.82, 2.24) is 9.29 Å². The van der Waals surface area contributed by atoms with Gasteiger partial charge in [0.05, 0.1) is 5.69 Å². The number of aromatic nitrogens is 1. The Balaban J connectivity index is 2.19. The lowest BCUT2D eigenvalue weighted by atomic mass is 9.76. The molecule has 1 saturated heterocycles. The number of nitrogens with zero attached hydrogens (tertiary/aromatic N) is 2. The Labute approximate surface area is 127 Å². The Bertz CT molecular complexity index is 585. The molecule has 1 aliphatic heterocycles. The summed E-state index contributed by atoms with van der Waals surface area (Å²) in [4.78, 5) is 4.33. The van der Waals surface area contributed by atoms with Crippen LogP contribution in [-0.2, 0) is 16.6 Å². The summed E-state index contributed by atoms with van der Waals surface area (Å²) in [5.74, 6) is 0.562. The number of nitrogens with two attached hydrogens (primary N) is 1. The normalized spacial score (nSPS) is 18.9. The summed E-state index contributed by atoms with van der Waals surface area (Å²) >= 11 is 0. The van der Waals surface area contributed by atoms with Gasteiger partial charge < -0.3 is 5.73 Å². The van der Waals surface area contributed by atoms with Gasteiger partial charge >= 0.3 is 0 Å². The highest BCUT2D eigenvalue weighted by Crippen LogP contribution is 2.35. The van der Waals surface area contributed by atoms with Gasteiger partial charge in [-0.1, -0.05) is 20.8 Å². The van der Waals surface area contributed by atoms with E-state index in [4.69, 9.17) is 5.73 Å². The first-order valence-electron chi connectivity index (χ1n) is 7.41. The van der Waals surface area contributed by atoms with E-state index in [2.05, 4.69) is 25.8 Å². The average Bonchev–Trinajstić information content (AvgIpc) is 2.46. The van der Waals surface area contributed by atoms with Crippen LogP contribution < -0.4 is 5.73 Å². The molecule has 0 aliphatic carbocycles. The van der Waals surface area contributed by atoms with Crippen LogP contribution in [-0.4, -0.2) is 30.8 Å². The van der Waals surface area contributed by atoms with E-state index in [1.807, 2.05) is 0 Å². The van der Waals surface area contributed by atoms with Crippen LogP contribution in [0, 0.1) is 11.3 Å². The summed E-state index contributed by atoms with van der Waals surface area (Å²) in [6, 6.07) is 3.24. The van der Waals surface area contributed by atoms with Crippen molar-refractivity contribution >= 4 is 10.0 Å². The van der Waals surface area contributed by atoms with E-state index < -0.39 is 10.0 Å². The molecule has 1 aliphatic rings. The maximum Gasteiger partial charge on any atom is 0.244 e. The first-order valence-corrected chi connectivity index (χ1v) is 8.85. The SMILES string of the molecule is CC(C)(C)C1CCN(S(=O)(=O)c2cccnc2CN)CC1. The van der Waals surface area contributed by atoms with E-state index in [0.717, 1.165) is 12.8 Å². The van der Waals surface area contributed by atoms with E-state index in [0.29, 0.717) is 24.7 Å². The molecule has 118 valence electrons. The molecular formula is C15H25N3O2S. The zero-order chi connectivity index (χ0) is 15.7. The van der Waals surface area contributed by atoms with Gasteiger partial charge in [0.25, 0.3) is 0 Å². The average molecular weight is 311 g/mol. The van der Waals surface area contributed by atoms with Crippen molar-refractivity contribution in [3.8, 4) is 0 Å². The summed E-state index contributed by atoms with van der Waals surface area (Å²) in [6.07, 6.45) is 3.38. The molecule has 0 saturated carbocycles. The van der Waals surface area contributed by atoms with E-state index in [-0.39, 0.29) is 16.9 Å². The quantitative estimate of drug-likeness (QED) is 0.926. The third-order valence-corrected chi connectivity index (χ3v) is 6.31. The van der Waals surface area contributed by atoms with Gasteiger partial charge in [-0.25, -0.2) is 8.42 Å².